The number of allylic oxidation sites excluding steroid dienone is 2. The summed E-state index contributed by atoms with van der Waals surface area (Å²) in [5, 5.41) is 20.7. The highest BCUT2D eigenvalue weighted by molar-refractivity contribution is 7.94. The van der Waals surface area contributed by atoms with Crippen molar-refractivity contribution >= 4 is 9.84 Å². The second kappa shape index (κ2) is 13.9. The molecule has 1 heterocycles. The number of hydrogen-bond donors (Lipinski definition) is 2. The van der Waals surface area contributed by atoms with Crippen molar-refractivity contribution in [3.8, 4) is 0 Å². The lowest BCUT2D eigenvalue weighted by Gasteiger charge is -2.41. The third-order valence-corrected chi connectivity index (χ3v) is 5.31. The van der Waals surface area contributed by atoms with Crippen LogP contribution in [-0.2, 0) is 9.84 Å². The Morgan fingerprint density at radius 2 is 1.74 bits per heavy atom. The first kappa shape index (κ1) is 28.1. The summed E-state index contributed by atoms with van der Waals surface area (Å²) in [4.78, 5) is 2.14. The van der Waals surface area contributed by atoms with Gasteiger partial charge in [-0.05, 0) is 24.5 Å². The highest BCUT2D eigenvalue weighted by Crippen LogP contribution is 2.22. The Hall–Kier alpha value is -1.15. The molecule has 0 spiro atoms. The number of aliphatic hydroxyl groups excluding tert-OH is 1. The molecule has 1 atom stereocenters. The van der Waals surface area contributed by atoms with Crippen LogP contribution in [0.5, 0.6) is 0 Å². The SMILES string of the molecule is C=C/C(CO)=C(\C=C(/C)N1CCN(O)C(C(C)C)C1)S(C)(=O)=O.CC.CC. The summed E-state index contributed by atoms with van der Waals surface area (Å²) in [5.74, 6) is 0.279. The van der Waals surface area contributed by atoms with Crippen molar-refractivity contribution in [3.63, 3.8) is 0 Å². The summed E-state index contributed by atoms with van der Waals surface area (Å²) in [7, 11) is -3.48. The predicted octanol–water partition coefficient (Wildman–Crippen LogP) is 3.45. The predicted molar refractivity (Wildman–Crippen MR) is 114 cm³/mol. The van der Waals surface area contributed by atoms with Gasteiger partial charge in [-0.1, -0.05) is 54.2 Å². The van der Waals surface area contributed by atoms with Crippen LogP contribution in [0.1, 0.15) is 48.5 Å². The van der Waals surface area contributed by atoms with Gasteiger partial charge in [0.25, 0.3) is 0 Å². The van der Waals surface area contributed by atoms with Gasteiger partial charge in [-0.2, -0.15) is 5.06 Å². The lowest BCUT2D eigenvalue weighted by molar-refractivity contribution is -0.162. The van der Waals surface area contributed by atoms with Crippen molar-refractivity contribution in [3.05, 3.63) is 34.9 Å². The maximum atomic E-state index is 12.0. The van der Waals surface area contributed by atoms with Gasteiger partial charge in [0.2, 0.25) is 0 Å². The summed E-state index contributed by atoms with van der Waals surface area (Å²) in [6.45, 7) is 18.8. The van der Waals surface area contributed by atoms with Crippen LogP contribution in [0.2, 0.25) is 0 Å². The maximum Gasteiger partial charge on any atom is 0.175 e. The third kappa shape index (κ3) is 9.06. The first-order valence-corrected chi connectivity index (χ1v) is 11.6. The van der Waals surface area contributed by atoms with Gasteiger partial charge in [-0.3, -0.25) is 0 Å². The van der Waals surface area contributed by atoms with Crippen LogP contribution in [0, 0.1) is 5.92 Å². The highest BCUT2D eigenvalue weighted by atomic mass is 32.2. The van der Waals surface area contributed by atoms with Crippen LogP contribution in [0.25, 0.3) is 0 Å². The number of nitrogens with zero attached hydrogens (tertiary/aromatic N) is 2. The standard InChI is InChI=1S/C16H28N2O4S.2C2H6/c1-6-14(11-19)16(23(5,21)22)9-13(4)17-7-8-18(20)15(10-17)12(2)3;2*1-2/h6,9,12,15,19-20H,1,7-8,10-11H2,2-5H3;2*1-2H3/b13-9+,16-14-;;. The number of aliphatic hydroxyl groups is 1. The van der Waals surface area contributed by atoms with E-state index in [2.05, 4.69) is 11.5 Å². The maximum absolute atomic E-state index is 12.0. The average molecular weight is 405 g/mol. The molecule has 0 aromatic rings. The van der Waals surface area contributed by atoms with Gasteiger partial charge in [0.1, 0.15) is 0 Å². The van der Waals surface area contributed by atoms with Crippen molar-refractivity contribution in [1.82, 2.24) is 9.96 Å². The fraction of sp³-hybridized carbons (Fsp3) is 0.700. The van der Waals surface area contributed by atoms with Gasteiger partial charge in [0.05, 0.1) is 17.6 Å². The van der Waals surface area contributed by atoms with E-state index >= 15 is 0 Å². The van der Waals surface area contributed by atoms with Crippen LogP contribution in [0.3, 0.4) is 0 Å². The normalized spacial score (nSPS) is 19.4. The minimum Gasteiger partial charge on any atom is -0.392 e. The summed E-state index contributed by atoms with van der Waals surface area (Å²) in [5.41, 5.74) is 1.07. The molecule has 0 aromatic heterocycles. The second-order valence-corrected chi connectivity index (χ2v) is 8.21. The minimum atomic E-state index is -3.48. The van der Waals surface area contributed by atoms with E-state index in [-0.39, 0.29) is 29.0 Å². The van der Waals surface area contributed by atoms with Gasteiger partial charge in [-0.15, -0.1) is 0 Å². The Bertz CT molecular complexity index is 595. The smallest absolute Gasteiger partial charge is 0.175 e. The van der Waals surface area contributed by atoms with Crippen molar-refractivity contribution in [1.29, 1.82) is 0 Å². The average Bonchev–Trinajstić information content (AvgIpc) is 2.64. The van der Waals surface area contributed by atoms with Crippen LogP contribution in [0.15, 0.2) is 34.9 Å². The van der Waals surface area contributed by atoms with Gasteiger partial charge >= 0.3 is 0 Å². The number of rotatable bonds is 6. The Labute approximate surface area is 166 Å². The fourth-order valence-corrected chi connectivity index (χ4v) is 3.65. The molecule has 7 heteroatoms. The van der Waals surface area contributed by atoms with Gasteiger partial charge in [0.15, 0.2) is 9.84 Å². The van der Waals surface area contributed by atoms with Gasteiger partial charge in [0, 0.05) is 31.6 Å². The molecular weight excluding hydrogens is 364 g/mol. The molecule has 0 saturated carbocycles. The molecule has 6 nitrogen and oxygen atoms in total. The molecule has 0 amide bonds. The van der Waals surface area contributed by atoms with Crippen molar-refractivity contribution in [2.24, 2.45) is 5.92 Å². The summed E-state index contributed by atoms with van der Waals surface area (Å²) < 4.78 is 24.0. The highest BCUT2D eigenvalue weighted by Gasteiger charge is 2.28. The summed E-state index contributed by atoms with van der Waals surface area (Å²) in [6, 6.07) is -0.00511. The summed E-state index contributed by atoms with van der Waals surface area (Å²) in [6.07, 6.45) is 4.06. The van der Waals surface area contributed by atoms with E-state index in [1.165, 1.54) is 11.1 Å². The molecule has 27 heavy (non-hydrogen) atoms. The summed E-state index contributed by atoms with van der Waals surface area (Å²) >= 11 is 0. The molecule has 0 aromatic carbocycles. The van der Waals surface area contributed by atoms with E-state index in [1.807, 2.05) is 48.5 Å². The van der Waals surface area contributed by atoms with E-state index in [9.17, 15) is 18.7 Å². The molecule has 1 saturated heterocycles. The molecule has 1 aliphatic rings. The van der Waals surface area contributed by atoms with Crippen LogP contribution in [-0.4, -0.2) is 67.2 Å². The Morgan fingerprint density at radius 3 is 2.11 bits per heavy atom. The monoisotopic (exact) mass is 404 g/mol. The number of hydroxylamine groups is 2. The first-order chi connectivity index (χ1) is 12.6. The Kier molecular flexibility index (Phi) is 14.5. The minimum absolute atomic E-state index is 0.00511. The molecule has 1 fully saturated rings. The molecule has 0 bridgehead atoms. The van der Waals surface area contributed by atoms with E-state index in [0.717, 1.165) is 12.0 Å². The first-order valence-electron chi connectivity index (χ1n) is 9.67. The fourth-order valence-electron chi connectivity index (χ4n) is 2.64. The molecule has 1 rings (SSSR count). The molecule has 2 N–H and O–H groups in total. The van der Waals surface area contributed by atoms with Crippen LogP contribution >= 0.6 is 0 Å². The molecule has 1 aliphatic heterocycles. The molecule has 1 unspecified atom stereocenters. The van der Waals surface area contributed by atoms with Crippen LogP contribution < -0.4 is 0 Å². The van der Waals surface area contributed by atoms with Crippen molar-refractivity contribution in [2.75, 3.05) is 32.5 Å². The molecule has 0 radical (unpaired) electrons. The molecule has 160 valence electrons. The zero-order valence-electron chi connectivity index (χ0n) is 18.4. The number of hydrogen-bond acceptors (Lipinski definition) is 6. The third-order valence-electron chi connectivity index (χ3n) is 4.13. The number of piperazine rings is 1. The number of sulfone groups is 1. The lowest BCUT2D eigenvalue weighted by atomic mass is 10.0. The topological polar surface area (TPSA) is 81.1 Å². The van der Waals surface area contributed by atoms with E-state index in [0.29, 0.717) is 19.6 Å². The van der Waals surface area contributed by atoms with Crippen molar-refractivity contribution < 1.29 is 18.7 Å². The Balaban J connectivity index is 0. The zero-order valence-corrected chi connectivity index (χ0v) is 19.2. The van der Waals surface area contributed by atoms with Gasteiger partial charge in [-0.25, -0.2) is 8.42 Å². The largest absolute Gasteiger partial charge is 0.392 e. The second-order valence-electron chi connectivity index (χ2n) is 6.23. The van der Waals surface area contributed by atoms with Gasteiger partial charge < -0.3 is 15.2 Å². The zero-order chi connectivity index (χ0) is 21.8. The molecular formula is C20H40N2O4S. The molecule has 0 aliphatic carbocycles. The van der Waals surface area contributed by atoms with E-state index in [4.69, 9.17) is 0 Å². The van der Waals surface area contributed by atoms with Crippen LogP contribution in [0.4, 0.5) is 0 Å². The van der Waals surface area contributed by atoms with Crippen molar-refractivity contribution in [2.45, 2.75) is 54.5 Å². The lowest BCUT2D eigenvalue weighted by Crippen LogP contribution is -2.53. The quantitative estimate of drug-likeness (QED) is 0.660. The van der Waals surface area contributed by atoms with E-state index < -0.39 is 9.84 Å². The Morgan fingerprint density at radius 1 is 1.22 bits per heavy atom. The van der Waals surface area contributed by atoms with E-state index in [1.54, 1.807) is 6.08 Å².